The smallest absolute Gasteiger partial charge is 0.112 e. The van der Waals surface area contributed by atoms with Gasteiger partial charge in [-0.1, -0.05) is 0 Å². The van der Waals surface area contributed by atoms with Crippen LogP contribution in [0.4, 0.5) is 5.69 Å². The highest BCUT2D eigenvalue weighted by Crippen LogP contribution is 2.21. The molecule has 5 heteroatoms. The summed E-state index contributed by atoms with van der Waals surface area (Å²) in [6, 6.07) is 4.40. The van der Waals surface area contributed by atoms with E-state index in [-0.39, 0.29) is 0 Å². The van der Waals surface area contributed by atoms with Crippen LogP contribution in [0.25, 0.3) is 11.0 Å². The monoisotopic (exact) mass is 308 g/mol. The van der Waals surface area contributed by atoms with Gasteiger partial charge in [-0.15, -0.1) is 0 Å². The van der Waals surface area contributed by atoms with Gasteiger partial charge in [-0.05, 0) is 49.1 Å². The zero-order valence-corrected chi connectivity index (χ0v) is 12.4. The zero-order chi connectivity index (χ0) is 13.1. The number of pyridine rings is 2. The lowest BCUT2D eigenvalue weighted by Gasteiger charge is -2.20. The van der Waals surface area contributed by atoms with Gasteiger partial charge in [0.25, 0.3) is 0 Å². The van der Waals surface area contributed by atoms with Crippen LogP contribution in [-0.4, -0.2) is 41.5 Å². The highest BCUT2D eigenvalue weighted by molar-refractivity contribution is 9.10. The quantitative estimate of drug-likeness (QED) is 0.943. The maximum Gasteiger partial charge on any atom is 0.112 e. The second kappa shape index (κ2) is 5.63. The van der Waals surface area contributed by atoms with Crippen molar-refractivity contribution < 1.29 is 0 Å². The number of nitrogens with zero attached hydrogens (tertiary/aromatic N) is 3. The topological polar surface area (TPSA) is 41.1 Å². The van der Waals surface area contributed by atoms with E-state index in [0.717, 1.165) is 27.7 Å². The lowest BCUT2D eigenvalue weighted by molar-refractivity contribution is 0.326. The van der Waals surface area contributed by atoms with Crippen LogP contribution in [0, 0.1) is 0 Å². The highest BCUT2D eigenvalue weighted by Gasteiger charge is 2.07. The molecule has 0 spiro atoms. The van der Waals surface area contributed by atoms with Gasteiger partial charge in [-0.2, -0.15) is 0 Å². The fourth-order valence-corrected chi connectivity index (χ4v) is 1.91. The molecule has 0 aliphatic carbocycles. The number of hydrogen-bond acceptors (Lipinski definition) is 4. The van der Waals surface area contributed by atoms with Crippen LogP contribution in [0.3, 0.4) is 0 Å². The molecule has 2 rings (SSSR count). The van der Waals surface area contributed by atoms with Gasteiger partial charge in [-0.25, -0.2) is 0 Å². The summed E-state index contributed by atoms with van der Waals surface area (Å²) in [4.78, 5) is 10.9. The number of likely N-dealkylation sites (N-methyl/N-ethyl adjacent to an activating group) is 1. The Morgan fingerprint density at radius 3 is 2.89 bits per heavy atom. The van der Waals surface area contributed by atoms with Gasteiger partial charge < -0.3 is 10.2 Å². The van der Waals surface area contributed by atoms with E-state index in [9.17, 15) is 0 Å². The number of anilines is 1. The molecule has 0 saturated carbocycles. The molecular formula is C13H17BrN4. The summed E-state index contributed by atoms with van der Waals surface area (Å²) in [5, 5.41) is 3.43. The first-order valence-electron chi connectivity index (χ1n) is 5.88. The van der Waals surface area contributed by atoms with Gasteiger partial charge in [0.15, 0.2) is 0 Å². The standard InChI is InChI=1S/C13H17BrN4/c1-9(18(2)3)7-16-11-4-5-15-12-6-10(14)8-17-13(11)12/h4-6,8-9H,7H2,1-3H3,(H,15,16). The van der Waals surface area contributed by atoms with Crippen LogP contribution in [0.2, 0.25) is 0 Å². The Labute approximate surface area is 116 Å². The number of hydrogen-bond donors (Lipinski definition) is 1. The predicted octanol–water partition coefficient (Wildman–Crippen LogP) is 2.75. The molecule has 0 aromatic carbocycles. The van der Waals surface area contributed by atoms with Crippen LogP contribution in [0.5, 0.6) is 0 Å². The maximum atomic E-state index is 4.42. The number of aromatic nitrogens is 2. The molecule has 1 N–H and O–H groups in total. The van der Waals surface area contributed by atoms with Crippen molar-refractivity contribution in [3.05, 3.63) is 29.0 Å². The largest absolute Gasteiger partial charge is 0.382 e. The summed E-state index contributed by atoms with van der Waals surface area (Å²) in [7, 11) is 4.15. The SMILES string of the molecule is CC(CNc1ccnc2cc(Br)cnc12)N(C)C. The van der Waals surface area contributed by atoms with Crippen molar-refractivity contribution in [1.29, 1.82) is 0 Å². The van der Waals surface area contributed by atoms with Crippen LogP contribution < -0.4 is 5.32 Å². The van der Waals surface area contributed by atoms with Crippen LogP contribution in [0.1, 0.15) is 6.92 Å². The zero-order valence-electron chi connectivity index (χ0n) is 10.8. The minimum atomic E-state index is 0.462. The molecule has 2 aromatic heterocycles. The molecule has 0 bridgehead atoms. The predicted molar refractivity (Wildman–Crippen MR) is 78.9 cm³/mol. The number of nitrogens with one attached hydrogen (secondary N) is 1. The summed E-state index contributed by atoms with van der Waals surface area (Å²) >= 11 is 3.41. The van der Waals surface area contributed by atoms with Gasteiger partial charge in [-0.3, -0.25) is 9.97 Å². The van der Waals surface area contributed by atoms with Crippen molar-refractivity contribution in [2.24, 2.45) is 0 Å². The van der Waals surface area contributed by atoms with Crippen LogP contribution in [-0.2, 0) is 0 Å². The van der Waals surface area contributed by atoms with E-state index in [4.69, 9.17) is 0 Å². The molecule has 96 valence electrons. The Kier molecular flexibility index (Phi) is 4.14. The Morgan fingerprint density at radius 1 is 1.39 bits per heavy atom. The van der Waals surface area contributed by atoms with E-state index in [1.54, 1.807) is 12.4 Å². The van der Waals surface area contributed by atoms with Crippen molar-refractivity contribution in [1.82, 2.24) is 14.9 Å². The molecule has 0 amide bonds. The molecule has 0 aliphatic rings. The summed E-state index contributed by atoms with van der Waals surface area (Å²) < 4.78 is 0.946. The Hall–Kier alpha value is -1.20. The number of rotatable bonds is 4. The average molecular weight is 309 g/mol. The fraction of sp³-hybridized carbons (Fsp3) is 0.385. The summed E-state index contributed by atoms with van der Waals surface area (Å²) in [6.45, 7) is 3.06. The van der Waals surface area contributed by atoms with Gasteiger partial charge in [0.2, 0.25) is 0 Å². The van der Waals surface area contributed by atoms with Gasteiger partial charge in [0, 0.05) is 29.5 Å². The normalized spacial score (nSPS) is 12.9. The first-order valence-corrected chi connectivity index (χ1v) is 6.68. The third-order valence-electron chi connectivity index (χ3n) is 3.01. The third-order valence-corrected chi connectivity index (χ3v) is 3.45. The number of halogens is 1. The van der Waals surface area contributed by atoms with Crippen molar-refractivity contribution >= 4 is 32.7 Å². The van der Waals surface area contributed by atoms with Crippen molar-refractivity contribution in [3.63, 3.8) is 0 Å². The summed E-state index contributed by atoms with van der Waals surface area (Å²) in [5.41, 5.74) is 2.83. The van der Waals surface area contributed by atoms with E-state index >= 15 is 0 Å². The third kappa shape index (κ3) is 2.97. The van der Waals surface area contributed by atoms with Gasteiger partial charge in [0.1, 0.15) is 5.52 Å². The minimum Gasteiger partial charge on any atom is -0.382 e. The second-order valence-electron chi connectivity index (χ2n) is 4.57. The molecule has 1 unspecified atom stereocenters. The van der Waals surface area contributed by atoms with Crippen molar-refractivity contribution in [2.45, 2.75) is 13.0 Å². The molecular weight excluding hydrogens is 292 g/mol. The molecule has 2 heterocycles. The molecule has 18 heavy (non-hydrogen) atoms. The first kappa shape index (κ1) is 13.2. The Balaban J connectivity index is 2.23. The fourth-order valence-electron chi connectivity index (χ4n) is 1.59. The van der Waals surface area contributed by atoms with Crippen LogP contribution >= 0.6 is 15.9 Å². The van der Waals surface area contributed by atoms with E-state index in [2.05, 4.69) is 57.1 Å². The summed E-state index contributed by atoms with van der Waals surface area (Å²) in [6.07, 6.45) is 3.60. The molecule has 2 aromatic rings. The Bertz CT molecular complexity index is 542. The average Bonchev–Trinajstić information content (AvgIpc) is 2.35. The summed E-state index contributed by atoms with van der Waals surface area (Å²) in [5.74, 6) is 0. The lowest BCUT2D eigenvalue weighted by atomic mass is 10.2. The van der Waals surface area contributed by atoms with Gasteiger partial charge in [0.05, 0.1) is 11.2 Å². The number of fused-ring (bicyclic) bond motifs is 1. The van der Waals surface area contributed by atoms with Crippen molar-refractivity contribution in [3.8, 4) is 0 Å². The van der Waals surface area contributed by atoms with Crippen molar-refractivity contribution in [2.75, 3.05) is 26.0 Å². The molecule has 0 radical (unpaired) electrons. The first-order chi connectivity index (χ1) is 8.58. The molecule has 0 saturated heterocycles. The molecule has 0 fully saturated rings. The lowest BCUT2D eigenvalue weighted by Crippen LogP contribution is -2.31. The van der Waals surface area contributed by atoms with E-state index in [0.29, 0.717) is 6.04 Å². The molecule has 1 atom stereocenters. The highest BCUT2D eigenvalue weighted by atomic mass is 79.9. The maximum absolute atomic E-state index is 4.42. The van der Waals surface area contributed by atoms with E-state index < -0.39 is 0 Å². The van der Waals surface area contributed by atoms with E-state index in [1.807, 2.05) is 12.1 Å². The Morgan fingerprint density at radius 2 is 2.17 bits per heavy atom. The molecule has 0 aliphatic heterocycles. The van der Waals surface area contributed by atoms with Crippen LogP contribution in [0.15, 0.2) is 29.0 Å². The minimum absolute atomic E-state index is 0.462. The second-order valence-corrected chi connectivity index (χ2v) is 5.49. The van der Waals surface area contributed by atoms with Gasteiger partial charge >= 0.3 is 0 Å². The molecule has 4 nitrogen and oxygen atoms in total. The van der Waals surface area contributed by atoms with E-state index in [1.165, 1.54) is 0 Å².